The first-order valence-corrected chi connectivity index (χ1v) is 6.15. The Balaban J connectivity index is 2.22. The van der Waals surface area contributed by atoms with Gasteiger partial charge in [0, 0.05) is 16.2 Å². The molecule has 0 spiro atoms. The summed E-state index contributed by atoms with van der Waals surface area (Å²) in [5, 5.41) is 4.08. The third kappa shape index (κ3) is 2.92. The molecule has 0 fully saturated rings. The second-order valence-corrected chi connectivity index (χ2v) is 4.71. The molecular weight excluding hydrogens is 274 g/mol. The molecular formula is C13H11Cl2FN2. The van der Waals surface area contributed by atoms with Gasteiger partial charge in [-0.15, -0.1) is 0 Å². The van der Waals surface area contributed by atoms with Crippen molar-refractivity contribution in [3.05, 3.63) is 58.0 Å². The van der Waals surface area contributed by atoms with Crippen molar-refractivity contribution in [2.45, 2.75) is 13.0 Å². The van der Waals surface area contributed by atoms with E-state index in [9.17, 15) is 4.39 Å². The summed E-state index contributed by atoms with van der Waals surface area (Å²) in [5.74, 6) is -0.189. The van der Waals surface area contributed by atoms with Crippen LogP contribution in [0.25, 0.3) is 0 Å². The lowest BCUT2D eigenvalue weighted by molar-refractivity contribution is 0.621. The van der Waals surface area contributed by atoms with Crippen molar-refractivity contribution in [1.82, 2.24) is 4.98 Å². The maximum Gasteiger partial charge on any atom is 0.165 e. The molecule has 0 saturated heterocycles. The van der Waals surface area contributed by atoms with Gasteiger partial charge in [0.2, 0.25) is 0 Å². The Hall–Kier alpha value is -1.32. The van der Waals surface area contributed by atoms with Crippen molar-refractivity contribution in [2.75, 3.05) is 5.32 Å². The monoisotopic (exact) mass is 284 g/mol. The molecule has 0 bridgehead atoms. The maximum atomic E-state index is 13.5. The van der Waals surface area contributed by atoms with Gasteiger partial charge >= 0.3 is 0 Å². The standard InChI is InChI=1S/C13H11Cl2FN2/c1-8(10-5-4-9(14)7-11(10)15)18-13-12(16)3-2-6-17-13/h2-8H,1H3,(H,17,18). The van der Waals surface area contributed by atoms with E-state index in [1.807, 2.05) is 13.0 Å². The highest BCUT2D eigenvalue weighted by Crippen LogP contribution is 2.28. The first-order chi connectivity index (χ1) is 8.58. The molecule has 0 saturated carbocycles. The summed E-state index contributed by atoms with van der Waals surface area (Å²) in [5.41, 5.74) is 0.839. The minimum absolute atomic E-state index is 0.167. The lowest BCUT2D eigenvalue weighted by atomic mass is 10.1. The van der Waals surface area contributed by atoms with Gasteiger partial charge in [0.05, 0.1) is 6.04 Å². The van der Waals surface area contributed by atoms with Crippen LogP contribution in [-0.4, -0.2) is 4.98 Å². The van der Waals surface area contributed by atoms with E-state index in [0.717, 1.165) is 5.56 Å². The predicted molar refractivity (Wildman–Crippen MR) is 72.7 cm³/mol. The molecule has 2 aromatic rings. The predicted octanol–water partition coefficient (Wildman–Crippen LogP) is 4.70. The smallest absolute Gasteiger partial charge is 0.165 e. The minimum atomic E-state index is -0.394. The van der Waals surface area contributed by atoms with Crippen molar-refractivity contribution in [1.29, 1.82) is 0 Å². The largest absolute Gasteiger partial charge is 0.361 e. The quantitative estimate of drug-likeness (QED) is 0.884. The first kappa shape index (κ1) is 13.1. The summed E-state index contributed by atoms with van der Waals surface area (Å²) in [7, 11) is 0. The van der Waals surface area contributed by atoms with Crippen LogP contribution in [0.15, 0.2) is 36.5 Å². The Kier molecular flexibility index (Phi) is 4.04. The maximum absolute atomic E-state index is 13.5. The van der Waals surface area contributed by atoms with Crippen LogP contribution in [0.5, 0.6) is 0 Å². The molecule has 0 amide bonds. The number of nitrogens with zero attached hydrogens (tertiary/aromatic N) is 1. The van der Waals surface area contributed by atoms with E-state index in [0.29, 0.717) is 10.0 Å². The van der Waals surface area contributed by atoms with Gasteiger partial charge in [0.15, 0.2) is 11.6 Å². The number of hydrogen-bond donors (Lipinski definition) is 1. The third-order valence-corrected chi connectivity index (χ3v) is 3.10. The van der Waals surface area contributed by atoms with Crippen LogP contribution >= 0.6 is 23.2 Å². The average molecular weight is 285 g/mol. The van der Waals surface area contributed by atoms with Gasteiger partial charge in [-0.1, -0.05) is 29.3 Å². The number of aromatic nitrogens is 1. The fourth-order valence-electron chi connectivity index (χ4n) is 1.63. The van der Waals surface area contributed by atoms with E-state index in [2.05, 4.69) is 10.3 Å². The highest BCUT2D eigenvalue weighted by Gasteiger charge is 2.12. The van der Waals surface area contributed by atoms with Gasteiger partial charge in [-0.25, -0.2) is 9.37 Å². The summed E-state index contributed by atoms with van der Waals surface area (Å²) >= 11 is 11.9. The molecule has 18 heavy (non-hydrogen) atoms. The molecule has 0 aliphatic heterocycles. The average Bonchev–Trinajstić information content (AvgIpc) is 2.32. The summed E-state index contributed by atoms with van der Waals surface area (Å²) in [6.45, 7) is 1.88. The topological polar surface area (TPSA) is 24.9 Å². The van der Waals surface area contributed by atoms with Crippen LogP contribution in [0.3, 0.4) is 0 Å². The Bertz CT molecular complexity index is 560. The molecule has 1 atom stereocenters. The number of nitrogens with one attached hydrogen (secondary N) is 1. The molecule has 1 aromatic carbocycles. The van der Waals surface area contributed by atoms with E-state index >= 15 is 0 Å². The number of pyridine rings is 1. The van der Waals surface area contributed by atoms with E-state index in [1.54, 1.807) is 18.2 Å². The number of anilines is 1. The zero-order chi connectivity index (χ0) is 13.1. The van der Waals surface area contributed by atoms with Gasteiger partial charge in [-0.2, -0.15) is 0 Å². The lowest BCUT2D eigenvalue weighted by Crippen LogP contribution is -2.09. The Morgan fingerprint density at radius 3 is 2.72 bits per heavy atom. The normalized spacial score (nSPS) is 12.2. The SMILES string of the molecule is CC(Nc1ncccc1F)c1ccc(Cl)cc1Cl. The zero-order valence-corrected chi connectivity index (χ0v) is 11.1. The minimum Gasteiger partial charge on any atom is -0.361 e. The third-order valence-electron chi connectivity index (χ3n) is 2.54. The number of hydrogen-bond acceptors (Lipinski definition) is 2. The fraction of sp³-hybridized carbons (Fsp3) is 0.154. The van der Waals surface area contributed by atoms with E-state index in [4.69, 9.17) is 23.2 Å². The fourth-order valence-corrected chi connectivity index (χ4v) is 2.20. The van der Waals surface area contributed by atoms with Crippen LogP contribution < -0.4 is 5.32 Å². The van der Waals surface area contributed by atoms with Gasteiger partial charge in [-0.05, 0) is 36.8 Å². The molecule has 2 rings (SSSR count). The van der Waals surface area contributed by atoms with E-state index < -0.39 is 5.82 Å². The molecule has 1 unspecified atom stereocenters. The highest BCUT2D eigenvalue weighted by atomic mass is 35.5. The van der Waals surface area contributed by atoms with Gasteiger partial charge in [-0.3, -0.25) is 0 Å². The van der Waals surface area contributed by atoms with Crippen molar-refractivity contribution in [3.8, 4) is 0 Å². The molecule has 5 heteroatoms. The van der Waals surface area contributed by atoms with Crippen molar-refractivity contribution < 1.29 is 4.39 Å². The molecule has 1 N–H and O–H groups in total. The summed E-state index contributed by atoms with van der Waals surface area (Å²) in [6.07, 6.45) is 1.53. The Morgan fingerprint density at radius 2 is 2.06 bits per heavy atom. The van der Waals surface area contributed by atoms with Crippen LogP contribution in [0.4, 0.5) is 10.2 Å². The molecule has 1 heterocycles. The van der Waals surface area contributed by atoms with Crippen molar-refractivity contribution in [3.63, 3.8) is 0 Å². The molecule has 0 aliphatic rings. The zero-order valence-electron chi connectivity index (χ0n) is 9.62. The number of benzene rings is 1. The molecule has 94 valence electrons. The van der Waals surface area contributed by atoms with Gasteiger partial charge in [0.1, 0.15) is 0 Å². The van der Waals surface area contributed by atoms with Crippen molar-refractivity contribution in [2.24, 2.45) is 0 Å². The van der Waals surface area contributed by atoms with Crippen LogP contribution in [0, 0.1) is 5.82 Å². The van der Waals surface area contributed by atoms with Crippen LogP contribution in [0.2, 0.25) is 10.0 Å². The number of rotatable bonds is 3. The Labute approximate surface area is 115 Å². The molecule has 2 nitrogen and oxygen atoms in total. The highest BCUT2D eigenvalue weighted by molar-refractivity contribution is 6.35. The van der Waals surface area contributed by atoms with Crippen LogP contribution in [-0.2, 0) is 0 Å². The van der Waals surface area contributed by atoms with Gasteiger partial charge < -0.3 is 5.32 Å². The van der Waals surface area contributed by atoms with E-state index in [1.165, 1.54) is 12.3 Å². The second-order valence-electron chi connectivity index (χ2n) is 3.87. The molecule has 1 aromatic heterocycles. The lowest BCUT2D eigenvalue weighted by Gasteiger charge is -2.16. The molecule has 0 aliphatic carbocycles. The summed E-state index contributed by atoms with van der Waals surface area (Å²) < 4.78 is 13.5. The molecule has 0 radical (unpaired) electrons. The summed E-state index contributed by atoms with van der Waals surface area (Å²) in [4.78, 5) is 3.94. The number of halogens is 3. The summed E-state index contributed by atoms with van der Waals surface area (Å²) in [6, 6.07) is 7.94. The Morgan fingerprint density at radius 1 is 1.28 bits per heavy atom. The first-order valence-electron chi connectivity index (χ1n) is 5.40. The second kappa shape index (κ2) is 5.55. The van der Waals surface area contributed by atoms with Gasteiger partial charge in [0.25, 0.3) is 0 Å². The van der Waals surface area contributed by atoms with Crippen molar-refractivity contribution >= 4 is 29.0 Å². The van der Waals surface area contributed by atoms with E-state index in [-0.39, 0.29) is 11.9 Å². The van der Waals surface area contributed by atoms with Crippen LogP contribution in [0.1, 0.15) is 18.5 Å².